The number of fused-ring (bicyclic) bond motifs is 1. The molecule has 0 radical (unpaired) electrons. The molecule has 6 nitrogen and oxygen atoms in total. The van der Waals surface area contributed by atoms with E-state index in [-0.39, 0.29) is 30.3 Å². The van der Waals surface area contributed by atoms with Crippen molar-refractivity contribution in [3.63, 3.8) is 0 Å². The van der Waals surface area contributed by atoms with Crippen LogP contribution in [0.15, 0.2) is 83.3 Å². The van der Waals surface area contributed by atoms with Crippen LogP contribution >= 0.6 is 15.9 Å². The van der Waals surface area contributed by atoms with Crippen LogP contribution in [0.3, 0.4) is 0 Å². The zero-order valence-electron chi connectivity index (χ0n) is 19.8. The summed E-state index contributed by atoms with van der Waals surface area (Å²) in [6.45, 7) is 4.71. The third kappa shape index (κ3) is 4.48. The maximum atomic E-state index is 13.7. The van der Waals surface area contributed by atoms with Crippen molar-refractivity contribution in [2.45, 2.75) is 38.8 Å². The minimum Gasteiger partial charge on any atom is -0.318 e. The highest BCUT2D eigenvalue weighted by Gasteiger charge is 2.36. The molecule has 1 atom stereocenters. The van der Waals surface area contributed by atoms with E-state index in [2.05, 4.69) is 15.9 Å². The third-order valence-corrected chi connectivity index (χ3v) is 7.10. The Morgan fingerprint density at radius 3 is 2.46 bits per heavy atom. The van der Waals surface area contributed by atoms with Gasteiger partial charge in [-0.1, -0.05) is 42.5 Å². The summed E-state index contributed by atoms with van der Waals surface area (Å²) in [5, 5.41) is 0. The number of rotatable bonds is 6. The van der Waals surface area contributed by atoms with E-state index < -0.39 is 0 Å². The van der Waals surface area contributed by atoms with Crippen LogP contribution in [0.2, 0.25) is 0 Å². The first-order valence-electron chi connectivity index (χ1n) is 11.8. The van der Waals surface area contributed by atoms with Gasteiger partial charge in [-0.2, -0.15) is 0 Å². The van der Waals surface area contributed by atoms with E-state index in [1.807, 2.05) is 107 Å². The quantitative estimate of drug-likeness (QED) is 0.318. The van der Waals surface area contributed by atoms with Crippen molar-refractivity contribution in [1.82, 2.24) is 9.55 Å². The molecule has 3 aromatic carbocycles. The fourth-order valence-corrected chi connectivity index (χ4v) is 5.38. The highest BCUT2D eigenvalue weighted by atomic mass is 79.9. The molecule has 2 heterocycles. The topological polar surface area (TPSA) is 58.4 Å². The largest absolute Gasteiger partial charge is 0.318 e. The number of hydrogen-bond donors (Lipinski definition) is 0. The molecule has 0 N–H and O–H groups in total. The number of benzene rings is 3. The highest BCUT2D eigenvalue weighted by molar-refractivity contribution is 9.10. The molecule has 0 aliphatic carbocycles. The van der Waals surface area contributed by atoms with Crippen molar-refractivity contribution in [1.29, 1.82) is 0 Å². The SMILES string of the molecule is CC(C)N(C(=O)Cn1c(C2CC(=O)N(c3ccccc3Br)C2)nc2ccccc21)c1ccccc1. The molecule has 0 saturated carbocycles. The van der Waals surface area contributed by atoms with Gasteiger partial charge in [0, 0.05) is 35.1 Å². The molecule has 35 heavy (non-hydrogen) atoms. The molecule has 0 bridgehead atoms. The summed E-state index contributed by atoms with van der Waals surface area (Å²) in [5.41, 5.74) is 3.46. The van der Waals surface area contributed by atoms with Gasteiger partial charge in [-0.15, -0.1) is 0 Å². The zero-order chi connectivity index (χ0) is 24.5. The number of halogens is 1. The number of carbonyl (C=O) groups excluding carboxylic acids is 2. The van der Waals surface area contributed by atoms with Gasteiger partial charge in [0.1, 0.15) is 12.4 Å². The second-order valence-electron chi connectivity index (χ2n) is 9.09. The Balaban J connectivity index is 1.50. The summed E-state index contributed by atoms with van der Waals surface area (Å²) in [7, 11) is 0. The summed E-state index contributed by atoms with van der Waals surface area (Å²) in [5.74, 6) is 0.709. The van der Waals surface area contributed by atoms with Crippen LogP contribution in [0.1, 0.15) is 32.0 Å². The van der Waals surface area contributed by atoms with Gasteiger partial charge in [-0.05, 0) is 66.2 Å². The predicted molar refractivity (Wildman–Crippen MR) is 143 cm³/mol. The summed E-state index contributed by atoms with van der Waals surface area (Å²) < 4.78 is 2.88. The average Bonchev–Trinajstić information content (AvgIpc) is 3.40. The summed E-state index contributed by atoms with van der Waals surface area (Å²) in [6, 6.07) is 25.3. The maximum Gasteiger partial charge on any atom is 0.247 e. The fraction of sp³-hybridized carbons (Fsp3) is 0.250. The Morgan fingerprint density at radius 1 is 1.03 bits per heavy atom. The van der Waals surface area contributed by atoms with Gasteiger partial charge in [0.05, 0.1) is 16.7 Å². The Morgan fingerprint density at radius 2 is 1.71 bits per heavy atom. The Bertz CT molecular complexity index is 1380. The van der Waals surface area contributed by atoms with Gasteiger partial charge in [0.15, 0.2) is 0 Å². The molecule has 1 unspecified atom stereocenters. The summed E-state index contributed by atoms with van der Waals surface area (Å²) >= 11 is 3.57. The van der Waals surface area contributed by atoms with Gasteiger partial charge in [0.25, 0.3) is 0 Å². The number of nitrogens with zero attached hydrogens (tertiary/aromatic N) is 4. The Kier molecular flexibility index (Phi) is 6.43. The van der Waals surface area contributed by atoms with E-state index in [1.165, 1.54) is 0 Å². The predicted octanol–water partition coefficient (Wildman–Crippen LogP) is 5.76. The Hall–Kier alpha value is -3.45. The molecule has 1 aliphatic heterocycles. The molecule has 1 saturated heterocycles. The second kappa shape index (κ2) is 9.66. The van der Waals surface area contributed by atoms with E-state index in [4.69, 9.17) is 4.98 Å². The first-order valence-corrected chi connectivity index (χ1v) is 12.6. The van der Waals surface area contributed by atoms with Gasteiger partial charge >= 0.3 is 0 Å². The lowest BCUT2D eigenvalue weighted by molar-refractivity contribution is -0.119. The van der Waals surface area contributed by atoms with Crippen molar-refractivity contribution >= 4 is 50.2 Å². The first kappa shape index (κ1) is 23.3. The fourth-order valence-electron chi connectivity index (χ4n) is 4.89. The average molecular weight is 531 g/mol. The number of carbonyl (C=O) groups is 2. The van der Waals surface area contributed by atoms with Crippen molar-refractivity contribution in [2.75, 3.05) is 16.3 Å². The second-order valence-corrected chi connectivity index (χ2v) is 9.95. The summed E-state index contributed by atoms with van der Waals surface area (Å²) in [6.07, 6.45) is 0.353. The molecule has 1 aliphatic rings. The number of anilines is 2. The van der Waals surface area contributed by atoms with Crippen LogP contribution in [0.4, 0.5) is 11.4 Å². The van der Waals surface area contributed by atoms with Gasteiger partial charge in [0.2, 0.25) is 11.8 Å². The molecular weight excluding hydrogens is 504 g/mol. The van der Waals surface area contributed by atoms with E-state index in [0.717, 1.165) is 32.7 Å². The molecule has 5 rings (SSSR count). The van der Waals surface area contributed by atoms with Crippen LogP contribution in [0.5, 0.6) is 0 Å². The minimum atomic E-state index is -0.112. The molecule has 2 amide bonds. The zero-order valence-corrected chi connectivity index (χ0v) is 21.4. The molecular formula is C28H27BrN4O2. The number of para-hydroxylation sites is 4. The number of imidazole rings is 1. The smallest absolute Gasteiger partial charge is 0.247 e. The minimum absolute atomic E-state index is 0.00196. The lowest BCUT2D eigenvalue weighted by Gasteiger charge is -2.28. The normalized spacial score (nSPS) is 15.8. The molecule has 178 valence electrons. The van der Waals surface area contributed by atoms with E-state index in [1.54, 1.807) is 0 Å². The van der Waals surface area contributed by atoms with Crippen molar-refractivity contribution in [3.05, 3.63) is 89.2 Å². The van der Waals surface area contributed by atoms with Crippen LogP contribution in [-0.2, 0) is 16.1 Å². The molecule has 4 aromatic rings. The molecule has 0 spiro atoms. The highest BCUT2D eigenvalue weighted by Crippen LogP contribution is 2.36. The first-order chi connectivity index (χ1) is 16.9. The van der Waals surface area contributed by atoms with E-state index in [9.17, 15) is 9.59 Å². The Labute approximate surface area is 213 Å². The van der Waals surface area contributed by atoms with Crippen molar-refractivity contribution in [3.8, 4) is 0 Å². The van der Waals surface area contributed by atoms with E-state index in [0.29, 0.717) is 13.0 Å². The maximum absolute atomic E-state index is 13.7. The lowest BCUT2D eigenvalue weighted by atomic mass is 10.1. The number of hydrogen-bond acceptors (Lipinski definition) is 3. The molecule has 1 fully saturated rings. The van der Waals surface area contributed by atoms with Crippen LogP contribution in [0.25, 0.3) is 11.0 Å². The number of amides is 2. The third-order valence-electron chi connectivity index (χ3n) is 6.43. The monoisotopic (exact) mass is 530 g/mol. The van der Waals surface area contributed by atoms with Crippen LogP contribution < -0.4 is 9.80 Å². The van der Waals surface area contributed by atoms with Gasteiger partial charge in [-0.25, -0.2) is 4.98 Å². The van der Waals surface area contributed by atoms with Crippen molar-refractivity contribution < 1.29 is 9.59 Å². The van der Waals surface area contributed by atoms with Crippen LogP contribution in [0, 0.1) is 0 Å². The van der Waals surface area contributed by atoms with E-state index >= 15 is 0 Å². The lowest BCUT2D eigenvalue weighted by Crippen LogP contribution is -2.39. The van der Waals surface area contributed by atoms with Crippen molar-refractivity contribution in [2.24, 2.45) is 0 Å². The number of aromatic nitrogens is 2. The molecule has 1 aromatic heterocycles. The van der Waals surface area contributed by atoms with Gasteiger partial charge in [-0.3, -0.25) is 9.59 Å². The van der Waals surface area contributed by atoms with Crippen LogP contribution in [-0.4, -0.2) is 34.0 Å². The molecule has 7 heteroatoms. The standard InChI is InChI=1S/C28H27BrN4O2/c1-19(2)33(21-10-4-3-5-11-21)27(35)18-32-25-15-9-7-13-23(25)30-28(32)20-16-26(34)31(17-20)24-14-8-6-12-22(24)29/h3-15,19-20H,16-18H2,1-2H3. The summed E-state index contributed by atoms with van der Waals surface area (Å²) in [4.78, 5) is 35.2. The van der Waals surface area contributed by atoms with Gasteiger partial charge < -0.3 is 14.4 Å².